The zero-order chi connectivity index (χ0) is 15.2. The van der Waals surface area contributed by atoms with Crippen LogP contribution in [0.3, 0.4) is 0 Å². The van der Waals surface area contributed by atoms with E-state index in [2.05, 4.69) is 28.2 Å². The van der Waals surface area contributed by atoms with Crippen molar-refractivity contribution in [2.24, 2.45) is 0 Å². The molecule has 0 aliphatic carbocycles. The molecule has 1 aliphatic rings. The smallest absolute Gasteiger partial charge is 0.255 e. The molecule has 1 unspecified atom stereocenters. The summed E-state index contributed by atoms with van der Waals surface area (Å²) in [6.07, 6.45) is 4.40. The molecule has 1 atom stereocenters. The van der Waals surface area contributed by atoms with E-state index in [9.17, 15) is 9.18 Å². The van der Waals surface area contributed by atoms with Gasteiger partial charge in [0.15, 0.2) is 0 Å². The van der Waals surface area contributed by atoms with Crippen LogP contribution in [0.4, 0.5) is 4.39 Å². The van der Waals surface area contributed by atoms with Crippen molar-refractivity contribution in [3.05, 3.63) is 34.1 Å². The van der Waals surface area contributed by atoms with Crippen LogP contribution in [-0.2, 0) is 0 Å². The van der Waals surface area contributed by atoms with Crippen LogP contribution in [0.1, 0.15) is 43.0 Å². The number of halogens is 2. The van der Waals surface area contributed by atoms with Gasteiger partial charge in [-0.05, 0) is 53.9 Å². The van der Waals surface area contributed by atoms with Crippen molar-refractivity contribution in [1.82, 2.24) is 10.2 Å². The van der Waals surface area contributed by atoms with Crippen LogP contribution in [0.25, 0.3) is 0 Å². The van der Waals surface area contributed by atoms with Gasteiger partial charge in [0.05, 0.1) is 10.0 Å². The highest BCUT2D eigenvalue weighted by atomic mass is 79.9. The van der Waals surface area contributed by atoms with E-state index in [-0.39, 0.29) is 10.4 Å². The first-order chi connectivity index (χ1) is 10.1. The Morgan fingerprint density at radius 1 is 1.48 bits per heavy atom. The van der Waals surface area contributed by atoms with Crippen molar-refractivity contribution in [3.63, 3.8) is 0 Å². The van der Waals surface area contributed by atoms with Gasteiger partial charge in [-0.15, -0.1) is 0 Å². The third-order valence-corrected chi connectivity index (χ3v) is 4.62. The minimum absolute atomic E-state index is 0.101. The summed E-state index contributed by atoms with van der Waals surface area (Å²) in [5, 5.41) is 3.46. The van der Waals surface area contributed by atoms with Crippen LogP contribution >= 0.6 is 15.9 Å². The normalized spacial score (nSPS) is 18.5. The lowest BCUT2D eigenvalue weighted by Crippen LogP contribution is -2.46. The summed E-state index contributed by atoms with van der Waals surface area (Å²) in [6, 6.07) is 4.96. The van der Waals surface area contributed by atoms with Gasteiger partial charge in [-0.2, -0.15) is 0 Å². The molecule has 2 rings (SSSR count). The Labute approximate surface area is 134 Å². The molecule has 1 aromatic carbocycles. The Balaban J connectivity index is 2.12. The Kier molecular flexibility index (Phi) is 6.18. The molecular weight excluding hydrogens is 335 g/mol. The second-order valence-electron chi connectivity index (χ2n) is 5.50. The molecule has 1 heterocycles. The Morgan fingerprint density at radius 3 is 2.95 bits per heavy atom. The van der Waals surface area contributed by atoms with E-state index in [1.165, 1.54) is 18.9 Å². The Bertz CT molecular complexity index is 489. The molecule has 0 bridgehead atoms. The molecule has 0 saturated carbocycles. The van der Waals surface area contributed by atoms with E-state index in [4.69, 9.17) is 0 Å². The van der Waals surface area contributed by atoms with E-state index in [0.717, 1.165) is 19.4 Å². The van der Waals surface area contributed by atoms with Gasteiger partial charge in [0.1, 0.15) is 5.82 Å². The van der Waals surface area contributed by atoms with Crippen molar-refractivity contribution in [1.29, 1.82) is 0 Å². The number of rotatable bonds is 5. The van der Waals surface area contributed by atoms with Crippen molar-refractivity contribution in [2.45, 2.75) is 38.6 Å². The minimum atomic E-state index is -0.395. The summed E-state index contributed by atoms with van der Waals surface area (Å²) in [7, 11) is 0. The maximum Gasteiger partial charge on any atom is 0.255 e. The number of nitrogens with zero attached hydrogens (tertiary/aromatic N) is 1. The third kappa shape index (κ3) is 4.27. The van der Waals surface area contributed by atoms with Crippen LogP contribution in [0, 0.1) is 5.82 Å². The summed E-state index contributed by atoms with van der Waals surface area (Å²) in [4.78, 5) is 14.5. The Hall–Kier alpha value is -0.940. The second kappa shape index (κ2) is 7.90. The van der Waals surface area contributed by atoms with Crippen LogP contribution in [0.15, 0.2) is 22.7 Å². The molecule has 0 aromatic heterocycles. The molecule has 21 heavy (non-hydrogen) atoms. The molecule has 5 heteroatoms. The predicted molar refractivity (Wildman–Crippen MR) is 85.9 cm³/mol. The van der Waals surface area contributed by atoms with Crippen LogP contribution < -0.4 is 5.32 Å². The van der Waals surface area contributed by atoms with Gasteiger partial charge < -0.3 is 10.2 Å². The summed E-state index contributed by atoms with van der Waals surface area (Å²) in [5.74, 6) is -0.497. The van der Waals surface area contributed by atoms with Crippen LogP contribution in [0.5, 0.6) is 0 Å². The number of hydrogen-bond acceptors (Lipinski definition) is 2. The highest BCUT2D eigenvalue weighted by molar-refractivity contribution is 9.10. The quantitative estimate of drug-likeness (QED) is 0.874. The summed E-state index contributed by atoms with van der Waals surface area (Å²) < 4.78 is 13.9. The molecule has 1 N–H and O–H groups in total. The molecule has 1 fully saturated rings. The van der Waals surface area contributed by atoms with E-state index < -0.39 is 5.82 Å². The maximum absolute atomic E-state index is 13.6. The lowest BCUT2D eigenvalue weighted by molar-refractivity contribution is 0.0730. The zero-order valence-corrected chi connectivity index (χ0v) is 14.0. The van der Waals surface area contributed by atoms with Crippen LogP contribution in [-0.4, -0.2) is 36.5 Å². The van der Waals surface area contributed by atoms with Gasteiger partial charge in [0, 0.05) is 19.1 Å². The predicted octanol–water partition coefficient (Wildman–Crippen LogP) is 3.58. The average molecular weight is 357 g/mol. The van der Waals surface area contributed by atoms with Gasteiger partial charge in [-0.1, -0.05) is 19.4 Å². The maximum atomic E-state index is 13.6. The van der Waals surface area contributed by atoms with Gasteiger partial charge in [-0.25, -0.2) is 4.39 Å². The second-order valence-corrected chi connectivity index (χ2v) is 6.29. The number of hydrogen-bond donors (Lipinski definition) is 1. The number of amides is 1. The number of carbonyl (C=O) groups excluding carboxylic acids is 1. The monoisotopic (exact) mass is 356 g/mol. The van der Waals surface area contributed by atoms with Crippen molar-refractivity contribution in [2.75, 3.05) is 19.6 Å². The number of piperidine rings is 1. The molecule has 1 saturated heterocycles. The van der Waals surface area contributed by atoms with Gasteiger partial charge in [0.2, 0.25) is 0 Å². The lowest BCUT2D eigenvalue weighted by Gasteiger charge is -2.30. The van der Waals surface area contributed by atoms with Crippen LogP contribution in [0.2, 0.25) is 0 Å². The number of nitrogens with one attached hydrogen (secondary N) is 1. The minimum Gasteiger partial charge on any atom is -0.337 e. The third-order valence-electron chi connectivity index (χ3n) is 3.82. The molecular formula is C16H22BrFN2O. The standard InChI is InChI=1S/C16H22BrFN2O/c1-2-10-20(11-12-6-3-4-9-19-12)16(21)13-7-5-8-14(18)15(13)17/h5,7-8,12,19H,2-4,6,9-11H2,1H3. The molecule has 1 aromatic rings. The SMILES string of the molecule is CCCN(CC1CCCCN1)C(=O)c1cccc(F)c1Br. The average Bonchev–Trinajstić information content (AvgIpc) is 2.50. The highest BCUT2D eigenvalue weighted by Gasteiger charge is 2.23. The first-order valence-electron chi connectivity index (χ1n) is 7.60. The number of benzene rings is 1. The molecule has 116 valence electrons. The van der Waals surface area contributed by atoms with Crippen molar-refractivity contribution < 1.29 is 9.18 Å². The topological polar surface area (TPSA) is 32.3 Å². The molecule has 0 spiro atoms. The first-order valence-corrected chi connectivity index (χ1v) is 8.39. The van der Waals surface area contributed by atoms with E-state index in [1.54, 1.807) is 12.1 Å². The highest BCUT2D eigenvalue weighted by Crippen LogP contribution is 2.22. The summed E-state index contributed by atoms with van der Waals surface area (Å²) in [5.41, 5.74) is 0.402. The first kappa shape index (κ1) is 16.4. The fraction of sp³-hybridized carbons (Fsp3) is 0.562. The Morgan fingerprint density at radius 2 is 2.29 bits per heavy atom. The summed E-state index contributed by atoms with van der Waals surface area (Å²) in [6.45, 7) is 4.45. The van der Waals surface area contributed by atoms with Gasteiger partial charge in [0.25, 0.3) is 5.91 Å². The molecule has 1 aliphatic heterocycles. The zero-order valence-electron chi connectivity index (χ0n) is 12.4. The largest absolute Gasteiger partial charge is 0.337 e. The van der Waals surface area contributed by atoms with Gasteiger partial charge in [-0.3, -0.25) is 4.79 Å². The molecule has 3 nitrogen and oxygen atoms in total. The van der Waals surface area contributed by atoms with Crippen molar-refractivity contribution in [3.8, 4) is 0 Å². The van der Waals surface area contributed by atoms with E-state index >= 15 is 0 Å². The molecule has 0 radical (unpaired) electrons. The fourth-order valence-corrected chi connectivity index (χ4v) is 3.16. The fourth-order valence-electron chi connectivity index (χ4n) is 2.73. The van der Waals surface area contributed by atoms with Gasteiger partial charge >= 0.3 is 0 Å². The lowest BCUT2D eigenvalue weighted by atomic mass is 10.0. The van der Waals surface area contributed by atoms with Crippen molar-refractivity contribution >= 4 is 21.8 Å². The van der Waals surface area contributed by atoms with E-state index in [0.29, 0.717) is 24.7 Å². The number of carbonyl (C=O) groups is 1. The summed E-state index contributed by atoms with van der Waals surface area (Å²) >= 11 is 3.19. The van der Waals surface area contributed by atoms with E-state index in [1.807, 2.05) is 4.90 Å². The molecule has 1 amide bonds.